The molecule has 4 nitrogen and oxygen atoms in total. The predicted octanol–water partition coefficient (Wildman–Crippen LogP) is 10.1. The van der Waals surface area contributed by atoms with Gasteiger partial charge in [0.05, 0.1) is 5.58 Å². The molecule has 0 aliphatic heterocycles. The Bertz CT molecular complexity index is 2470. The van der Waals surface area contributed by atoms with Crippen LogP contribution in [0.15, 0.2) is 95.8 Å². The molecule has 7 aromatic rings. The third-order valence-electron chi connectivity index (χ3n) is 6.76. The zero-order chi connectivity index (χ0) is 39.4. The van der Waals surface area contributed by atoms with E-state index in [4.69, 9.17) is 19.5 Å². The van der Waals surface area contributed by atoms with Gasteiger partial charge in [0.15, 0.2) is 0 Å². The summed E-state index contributed by atoms with van der Waals surface area (Å²) >= 11 is 0. The van der Waals surface area contributed by atoms with Gasteiger partial charge in [-0.15, -0.1) is 54.1 Å². The fourth-order valence-electron chi connectivity index (χ4n) is 4.85. The summed E-state index contributed by atoms with van der Waals surface area (Å²) < 4.78 is 93.1. The number of furan rings is 1. The first-order valence-corrected chi connectivity index (χ1v) is 13.7. The van der Waals surface area contributed by atoms with Gasteiger partial charge in [-0.2, -0.15) is 0 Å². The third kappa shape index (κ3) is 6.50. The van der Waals surface area contributed by atoms with Crippen molar-refractivity contribution in [3.05, 3.63) is 126 Å². The Morgan fingerprint density at radius 1 is 0.773 bits per heavy atom. The Hall–Kier alpha value is -4.18. The summed E-state index contributed by atoms with van der Waals surface area (Å²) in [7, 11) is 0. The first-order chi connectivity index (χ1) is 25.1. The molecule has 44 heavy (non-hydrogen) atoms. The monoisotopic (exact) mass is 765 g/mol. The van der Waals surface area contributed by atoms with E-state index >= 15 is 0 Å². The number of aryl methyl sites for hydroxylation is 3. The molecule has 0 amide bonds. The maximum atomic E-state index is 8.81. The van der Waals surface area contributed by atoms with Gasteiger partial charge in [-0.1, -0.05) is 67.6 Å². The van der Waals surface area contributed by atoms with Crippen molar-refractivity contribution in [3.63, 3.8) is 0 Å². The van der Waals surface area contributed by atoms with Gasteiger partial charge >= 0.3 is 0 Å². The zero-order valence-corrected chi connectivity index (χ0v) is 26.6. The number of nitrogens with zero attached hydrogens (tertiary/aromatic N) is 3. The molecule has 0 aliphatic rings. The Morgan fingerprint density at radius 2 is 1.59 bits per heavy atom. The van der Waals surface area contributed by atoms with Crippen LogP contribution in [-0.2, 0) is 26.5 Å². The molecule has 0 aliphatic carbocycles. The minimum Gasteiger partial charge on any atom is -0.500 e. The summed E-state index contributed by atoms with van der Waals surface area (Å²) in [6.45, 7) is -1.88. The van der Waals surface area contributed by atoms with Gasteiger partial charge in [0.1, 0.15) is 5.58 Å². The van der Waals surface area contributed by atoms with Crippen molar-refractivity contribution >= 4 is 32.7 Å². The SMILES string of the molecule is [2H]C([2H])([2H])c1ccc(-c2[c-]cccc2)nc1.[2H]C([2H])([2H])c1cnc(-c2[c-]ccc3c2oc2c4ccnc(C([2H])([2H])[2H])c4ccc32)cc1C([2H])([2H])C(C)(C)C.[Ir]. The molecular weight excluding hydrogens is 719 g/mol. The molecule has 3 aromatic carbocycles. The van der Waals surface area contributed by atoms with E-state index in [1.165, 1.54) is 24.7 Å². The van der Waals surface area contributed by atoms with Crippen LogP contribution in [0.3, 0.4) is 0 Å². The Labute approximate surface area is 288 Å². The summed E-state index contributed by atoms with van der Waals surface area (Å²) in [5, 5.41) is 2.56. The smallest absolute Gasteiger partial charge is 0.128 e. The van der Waals surface area contributed by atoms with Crippen molar-refractivity contribution in [3.8, 4) is 22.5 Å². The fraction of sp³-hybridized carbons (Fsp3) is 0.205. The van der Waals surface area contributed by atoms with Crippen LogP contribution in [-0.4, -0.2) is 15.0 Å². The van der Waals surface area contributed by atoms with Crippen molar-refractivity contribution in [2.75, 3.05) is 0 Å². The molecule has 0 unspecified atom stereocenters. The minimum atomic E-state index is -2.55. The third-order valence-corrected chi connectivity index (χ3v) is 6.76. The van der Waals surface area contributed by atoms with Crippen LogP contribution < -0.4 is 0 Å². The first-order valence-electron chi connectivity index (χ1n) is 19.2. The molecule has 0 N–H and O–H groups in total. The first kappa shape index (κ1) is 20.0. The second-order valence-electron chi connectivity index (χ2n) is 11.1. The van der Waals surface area contributed by atoms with E-state index in [0.717, 1.165) is 22.0 Å². The van der Waals surface area contributed by atoms with E-state index < -0.39 is 32.3 Å². The maximum Gasteiger partial charge on any atom is 0.128 e. The van der Waals surface area contributed by atoms with Gasteiger partial charge in [0.2, 0.25) is 0 Å². The Morgan fingerprint density at radius 3 is 2.32 bits per heavy atom. The summed E-state index contributed by atoms with van der Waals surface area (Å²) in [6, 6.07) is 27.1. The molecule has 4 aromatic heterocycles. The molecule has 0 spiro atoms. The van der Waals surface area contributed by atoms with Crippen LogP contribution in [0.25, 0.3) is 55.2 Å². The van der Waals surface area contributed by atoms with Crippen LogP contribution in [0.4, 0.5) is 0 Å². The minimum absolute atomic E-state index is 0. The van der Waals surface area contributed by atoms with Gasteiger partial charge in [-0.25, -0.2) is 0 Å². The van der Waals surface area contributed by atoms with Gasteiger partial charge in [-0.05, 0) is 60.9 Å². The number of rotatable bonds is 3. The summed E-state index contributed by atoms with van der Waals surface area (Å²) in [6.07, 6.45) is 2.06. The van der Waals surface area contributed by atoms with Crippen LogP contribution in [0.2, 0.25) is 0 Å². The number of fused-ring (bicyclic) bond motifs is 5. The Balaban J connectivity index is 0.000000286. The average molecular weight is 765 g/mol. The standard InChI is InChI=1S/C27H25N2O.C12H10N.Ir/c1-16-15-29-24(13-18(16)14-27(3,4)5)23-8-6-7-20-21-10-9-19-17(2)28-12-11-22(19)25(21)30-26(20)23;1-10-7-8-12(13-9-10)11-5-3-2-4-6-11;/h6-7,9-13,15H,14H2,1-5H3;2-5,7-9H,1H3;/q2*-1;/i1D3,2D3,14D2;1D3;. The van der Waals surface area contributed by atoms with Crippen LogP contribution in [0.5, 0.6) is 0 Å². The van der Waals surface area contributed by atoms with E-state index in [1.807, 2.05) is 24.3 Å². The second-order valence-corrected chi connectivity index (χ2v) is 11.1. The predicted molar refractivity (Wildman–Crippen MR) is 177 cm³/mol. The van der Waals surface area contributed by atoms with Crippen molar-refractivity contribution in [2.45, 2.75) is 47.7 Å². The van der Waals surface area contributed by atoms with Gasteiger partial charge in [0, 0.05) is 75.6 Å². The molecule has 5 heteroatoms. The van der Waals surface area contributed by atoms with Crippen LogP contribution in [0.1, 0.15) is 58.2 Å². The van der Waals surface area contributed by atoms with Crippen LogP contribution in [0, 0.1) is 38.1 Å². The van der Waals surface area contributed by atoms with E-state index in [-0.39, 0.29) is 42.5 Å². The molecule has 0 bridgehead atoms. The van der Waals surface area contributed by atoms with Crippen LogP contribution >= 0.6 is 0 Å². The largest absolute Gasteiger partial charge is 0.500 e. The average Bonchev–Trinajstić information content (AvgIpc) is 3.50. The molecule has 1 radical (unpaired) electrons. The summed E-state index contributed by atoms with van der Waals surface area (Å²) in [4.78, 5) is 12.6. The molecule has 4 heterocycles. The molecule has 0 atom stereocenters. The summed E-state index contributed by atoms with van der Waals surface area (Å²) in [5.41, 5.74) is 2.51. The van der Waals surface area contributed by atoms with Crippen molar-refractivity contribution in [1.29, 1.82) is 0 Å². The van der Waals surface area contributed by atoms with Crippen molar-refractivity contribution in [2.24, 2.45) is 5.41 Å². The van der Waals surface area contributed by atoms with E-state index in [0.29, 0.717) is 33.2 Å². The molecule has 0 saturated carbocycles. The normalized spacial score (nSPS) is 16.2. The van der Waals surface area contributed by atoms with Crippen molar-refractivity contribution < 1.29 is 39.6 Å². The Kier molecular flexibility index (Phi) is 5.82. The number of hydrogen-bond donors (Lipinski definition) is 0. The van der Waals surface area contributed by atoms with Gasteiger partial charge in [-0.3, -0.25) is 4.98 Å². The number of benzene rings is 3. The molecule has 7 rings (SSSR count). The van der Waals surface area contributed by atoms with Gasteiger partial charge in [0.25, 0.3) is 0 Å². The summed E-state index contributed by atoms with van der Waals surface area (Å²) in [5.74, 6) is 0. The zero-order valence-electron chi connectivity index (χ0n) is 35.2. The fourth-order valence-corrected chi connectivity index (χ4v) is 4.85. The number of pyridine rings is 3. The van der Waals surface area contributed by atoms with E-state index in [2.05, 4.69) is 27.1 Å². The maximum absolute atomic E-state index is 8.81. The van der Waals surface area contributed by atoms with E-state index in [9.17, 15) is 0 Å². The molecule has 223 valence electrons. The van der Waals surface area contributed by atoms with Gasteiger partial charge < -0.3 is 14.4 Å². The van der Waals surface area contributed by atoms with Crippen molar-refractivity contribution in [1.82, 2.24) is 15.0 Å². The number of hydrogen-bond acceptors (Lipinski definition) is 4. The topological polar surface area (TPSA) is 51.8 Å². The number of aromatic nitrogens is 3. The molecule has 0 fully saturated rings. The quantitative estimate of drug-likeness (QED) is 0.168. The second kappa shape index (κ2) is 12.8. The molecular formula is C39H35IrN3O-2. The molecule has 0 saturated heterocycles. The van der Waals surface area contributed by atoms with E-state index in [1.54, 1.807) is 63.2 Å².